The van der Waals surface area contributed by atoms with Crippen molar-refractivity contribution in [3.8, 4) is 23.3 Å². The zero-order valence-electron chi connectivity index (χ0n) is 35.0. The summed E-state index contributed by atoms with van der Waals surface area (Å²) in [5.74, 6) is -0.649. The number of fused-ring (bicyclic) bond motifs is 2. The molecule has 6 aromatic rings. The smallest absolute Gasteiger partial charge is 0.433 e. The molecule has 3 aromatic carbocycles. The van der Waals surface area contributed by atoms with Crippen LogP contribution in [0.5, 0.6) is 23.3 Å². The van der Waals surface area contributed by atoms with Crippen LogP contribution < -0.4 is 34.4 Å². The fourth-order valence-electron chi connectivity index (χ4n) is 6.46. The summed E-state index contributed by atoms with van der Waals surface area (Å²) in [6.45, 7) is 6.57. The van der Waals surface area contributed by atoms with E-state index >= 15 is 0 Å². The van der Waals surface area contributed by atoms with Crippen LogP contribution in [0.4, 0.5) is 92.8 Å². The molecule has 23 heteroatoms. The molecule has 0 aliphatic carbocycles. The molecular formula is C44H31F12IrN8O2-5. The van der Waals surface area contributed by atoms with Gasteiger partial charge in [-0.25, -0.2) is 9.97 Å². The van der Waals surface area contributed by atoms with E-state index in [-0.39, 0.29) is 55.0 Å². The van der Waals surface area contributed by atoms with Gasteiger partial charge >= 0.3 is 24.7 Å². The Morgan fingerprint density at radius 1 is 0.612 bits per heavy atom. The van der Waals surface area contributed by atoms with Crippen LogP contribution in [-0.4, -0.2) is 36.1 Å². The molecule has 0 unspecified atom stereocenters. The Labute approximate surface area is 388 Å². The summed E-state index contributed by atoms with van der Waals surface area (Å²) in [5.41, 5.74) is -0.462. The van der Waals surface area contributed by atoms with Gasteiger partial charge in [-0.2, -0.15) is 101 Å². The van der Waals surface area contributed by atoms with Crippen LogP contribution in [0.3, 0.4) is 0 Å². The van der Waals surface area contributed by atoms with E-state index in [2.05, 4.69) is 38.5 Å². The maximum Gasteiger partial charge on any atom is 0.433 e. The van der Waals surface area contributed by atoms with E-state index in [4.69, 9.17) is 9.47 Å². The fraction of sp³-hybridized carbons (Fsp3) is 0.205. The molecule has 2 aliphatic heterocycles. The van der Waals surface area contributed by atoms with Crippen LogP contribution in [0, 0.1) is 45.4 Å². The predicted octanol–water partition coefficient (Wildman–Crippen LogP) is 12.7. The summed E-state index contributed by atoms with van der Waals surface area (Å²) in [6.07, 6.45) is -18.4. The minimum Gasteiger partial charge on any atom is -0.513 e. The number of benzene rings is 3. The third-order valence-electron chi connectivity index (χ3n) is 9.60. The van der Waals surface area contributed by atoms with E-state index in [1.165, 1.54) is 40.7 Å². The topological polar surface area (TPSA) is 82.1 Å². The number of halogens is 12. The quantitative estimate of drug-likeness (QED) is 0.123. The number of alkyl halides is 12. The van der Waals surface area contributed by atoms with Crippen molar-refractivity contribution >= 4 is 40.1 Å². The first-order valence-electron chi connectivity index (χ1n) is 19.0. The van der Waals surface area contributed by atoms with Crippen molar-refractivity contribution in [2.75, 3.05) is 46.1 Å². The van der Waals surface area contributed by atoms with Crippen molar-refractivity contribution in [1.82, 2.24) is 15.0 Å². The average molecular weight is 1120 g/mol. The average Bonchev–Trinajstić information content (AvgIpc) is 3.80. The van der Waals surface area contributed by atoms with Gasteiger partial charge in [0.1, 0.15) is 23.0 Å². The third kappa shape index (κ3) is 11.2. The van der Waals surface area contributed by atoms with E-state index in [1.54, 1.807) is 57.5 Å². The van der Waals surface area contributed by atoms with Gasteiger partial charge in [-0.3, -0.25) is 0 Å². The monoisotopic (exact) mass is 1120 g/mol. The number of aryl methyl sites for hydroxylation is 2. The van der Waals surface area contributed by atoms with Crippen LogP contribution in [0.2, 0.25) is 0 Å². The van der Waals surface area contributed by atoms with Crippen LogP contribution in [-0.2, 0) is 44.8 Å². The molecule has 10 nitrogen and oxygen atoms in total. The second-order valence-electron chi connectivity index (χ2n) is 14.7. The first-order chi connectivity index (χ1) is 30.8. The first kappa shape index (κ1) is 49.9. The largest absolute Gasteiger partial charge is 0.513 e. The van der Waals surface area contributed by atoms with Crippen molar-refractivity contribution in [3.05, 3.63) is 144 Å². The first-order valence-corrected chi connectivity index (χ1v) is 19.0. The zero-order chi connectivity index (χ0) is 48.1. The van der Waals surface area contributed by atoms with E-state index in [9.17, 15) is 52.7 Å². The van der Waals surface area contributed by atoms with Crippen LogP contribution >= 0.6 is 0 Å². The maximum absolute atomic E-state index is 13.3. The molecule has 357 valence electrons. The molecule has 3 aromatic heterocycles. The molecule has 0 saturated carbocycles. The molecule has 1 radical (unpaired) electrons. The summed E-state index contributed by atoms with van der Waals surface area (Å²) in [4.78, 5) is 17.8. The predicted molar refractivity (Wildman–Crippen MR) is 217 cm³/mol. The van der Waals surface area contributed by atoms with Gasteiger partial charge in [-0.15, -0.1) is 41.5 Å². The molecule has 0 bridgehead atoms. The molecule has 0 fully saturated rings. The number of aromatic nitrogens is 3. The minimum atomic E-state index is -4.62. The number of nitrogens with one attached hydrogen (secondary N) is 1. The Kier molecular flexibility index (Phi) is 13.9. The van der Waals surface area contributed by atoms with E-state index < -0.39 is 47.2 Å². The van der Waals surface area contributed by atoms with Gasteiger partial charge in [0.25, 0.3) is 0 Å². The van der Waals surface area contributed by atoms with Crippen LogP contribution in [0.15, 0.2) is 78.9 Å². The van der Waals surface area contributed by atoms with Gasteiger partial charge in [0.2, 0.25) is 11.8 Å². The van der Waals surface area contributed by atoms with Crippen LogP contribution in [0.25, 0.3) is 0 Å². The summed E-state index contributed by atoms with van der Waals surface area (Å²) in [7, 11) is 5.03. The van der Waals surface area contributed by atoms with E-state index in [0.717, 1.165) is 48.5 Å². The number of ether oxygens (including phenoxy) is 2. The Morgan fingerprint density at radius 3 is 1.60 bits per heavy atom. The summed E-state index contributed by atoms with van der Waals surface area (Å²) >= 11 is 0. The van der Waals surface area contributed by atoms with Crippen molar-refractivity contribution in [2.24, 2.45) is 0 Å². The van der Waals surface area contributed by atoms with E-state index in [0.29, 0.717) is 39.6 Å². The number of hydrogen-bond acceptors (Lipinski definition) is 10. The molecule has 67 heavy (non-hydrogen) atoms. The molecule has 1 N–H and O–H groups in total. The second-order valence-corrected chi connectivity index (χ2v) is 14.7. The molecule has 8 rings (SSSR count). The Bertz CT molecular complexity index is 2690. The van der Waals surface area contributed by atoms with Crippen molar-refractivity contribution in [3.63, 3.8) is 0 Å². The molecule has 0 spiro atoms. The molecule has 2 aliphatic rings. The molecule has 0 amide bonds. The van der Waals surface area contributed by atoms with Gasteiger partial charge in [-0.05, 0) is 31.3 Å². The number of rotatable bonds is 7. The standard InChI is InChI=1S/C23H17F6N6.C21H14F6N2O2.Ir/c1-12-8-13(2)17(35-11-33(3)15-5-7-19(23(27,28)29)32-21(15)35)9-16(12)34-10-30-14-4-6-18(22(24,25)26)31-20(14)34;1-29(2)15-11-18(30-16-7-3-5-13(9-16)20(22,23)24)28-19(12-15)31-17-8-4-6-14(10-17)21(25,26)27;/h4-8,10-11,30H,1-3H3;3-6,9-12H,1-2H3;/q-3;-2;. The Balaban J connectivity index is 0.000000220. The summed E-state index contributed by atoms with van der Waals surface area (Å²) in [6, 6.07) is 22.6. The van der Waals surface area contributed by atoms with Gasteiger partial charge in [-0.1, -0.05) is 36.3 Å². The van der Waals surface area contributed by atoms with Crippen molar-refractivity contribution in [1.29, 1.82) is 0 Å². The van der Waals surface area contributed by atoms with E-state index in [1.807, 2.05) is 0 Å². The third-order valence-corrected chi connectivity index (χ3v) is 9.60. The Morgan fingerprint density at radius 2 is 1.10 bits per heavy atom. The molecule has 0 atom stereocenters. The number of hydrogen-bond donors (Lipinski definition) is 1. The molecular weight excluding hydrogens is 1090 g/mol. The number of nitrogens with zero attached hydrogens (tertiary/aromatic N) is 7. The zero-order valence-corrected chi connectivity index (χ0v) is 37.4. The van der Waals surface area contributed by atoms with Gasteiger partial charge in [0.15, 0.2) is 0 Å². The second kappa shape index (κ2) is 18.7. The Hall–Kier alpha value is -6.48. The van der Waals surface area contributed by atoms with Crippen LogP contribution in [0.1, 0.15) is 33.6 Å². The van der Waals surface area contributed by atoms with Crippen molar-refractivity contribution < 1.29 is 82.3 Å². The summed E-state index contributed by atoms with van der Waals surface area (Å²) < 4.78 is 168. The van der Waals surface area contributed by atoms with Gasteiger partial charge in [0, 0.05) is 74.9 Å². The maximum atomic E-state index is 13.3. The van der Waals surface area contributed by atoms with Gasteiger partial charge in [0.05, 0.1) is 0 Å². The van der Waals surface area contributed by atoms with Gasteiger partial charge < -0.3 is 34.4 Å². The molecule has 0 saturated heterocycles. The molecule has 5 heterocycles. The normalized spacial score (nSPS) is 13.5. The fourth-order valence-corrected chi connectivity index (χ4v) is 6.46. The van der Waals surface area contributed by atoms with Crippen molar-refractivity contribution in [2.45, 2.75) is 38.6 Å². The number of pyridine rings is 3. The number of anilines is 7. The SMILES string of the molecule is CN(C)c1cc(Oc2[c-]ccc(C(F)(F)F)c2)nc(Oc2[c-]ccc(C(F)(F)F)c2)c1.Cc1cc(C)c(N2[CH-]N(C)c3ccc(C(F)(F)F)nc32)[c-]c1N1[CH-]Nc2ccc(C(F)(F)F)nc21.[Ir]. The summed E-state index contributed by atoms with van der Waals surface area (Å²) in [5, 5.41) is 2.89. The minimum absolute atomic E-state index is 0.